The number of unbranched alkanes of at least 4 members (excludes halogenated alkanes) is 4. The SMILES string of the molecule is Cc1cc(OCCCCCCCc2ccc(C(=O)NCCC(=O)O)cc2)cc(C)c1-c1ccc(OC(F)(F)F)cc1. The number of ether oxygens (including phenoxy) is 2. The van der Waals surface area contributed by atoms with Crippen molar-refractivity contribution < 1.29 is 37.3 Å². The third-order valence-electron chi connectivity index (χ3n) is 6.60. The summed E-state index contributed by atoms with van der Waals surface area (Å²) in [5.41, 5.74) is 5.43. The van der Waals surface area contributed by atoms with E-state index < -0.39 is 12.3 Å². The number of hydrogen-bond acceptors (Lipinski definition) is 4. The third-order valence-corrected chi connectivity index (χ3v) is 6.60. The Morgan fingerprint density at radius 3 is 2.05 bits per heavy atom. The molecule has 0 aliphatic rings. The van der Waals surface area contributed by atoms with Gasteiger partial charge in [-0.1, -0.05) is 43.5 Å². The highest BCUT2D eigenvalue weighted by molar-refractivity contribution is 5.94. The first kappa shape index (κ1) is 31.5. The van der Waals surface area contributed by atoms with Crippen LogP contribution in [0.25, 0.3) is 11.1 Å². The summed E-state index contributed by atoms with van der Waals surface area (Å²) in [6, 6.07) is 17.2. The predicted octanol–water partition coefficient (Wildman–Crippen LogP) is 7.65. The minimum absolute atomic E-state index is 0.101. The maximum atomic E-state index is 12.4. The van der Waals surface area contributed by atoms with Crippen molar-refractivity contribution in [2.75, 3.05) is 13.2 Å². The molecule has 0 spiro atoms. The van der Waals surface area contributed by atoms with E-state index in [1.807, 2.05) is 38.1 Å². The Kier molecular flexibility index (Phi) is 11.6. The van der Waals surface area contributed by atoms with E-state index in [-0.39, 0.29) is 24.6 Å². The third kappa shape index (κ3) is 10.8. The van der Waals surface area contributed by atoms with Gasteiger partial charge in [0.2, 0.25) is 0 Å². The lowest BCUT2D eigenvalue weighted by Crippen LogP contribution is -2.25. The van der Waals surface area contributed by atoms with Crippen molar-refractivity contribution in [1.29, 1.82) is 0 Å². The zero-order valence-electron chi connectivity index (χ0n) is 23.4. The number of carbonyl (C=O) groups is 2. The molecule has 0 aliphatic heterocycles. The standard InChI is InChI=1S/C32H36F3NO5/c1-22-20-28(21-23(2)30(22)25-13-15-27(16-14-25)41-32(33,34)35)40-19-7-5-3-4-6-8-24-9-11-26(12-10-24)31(39)36-18-17-29(37)38/h9-16,20-21H,3-8,17-19H2,1-2H3,(H,36,39)(H,37,38). The van der Waals surface area contributed by atoms with E-state index in [0.717, 1.165) is 72.1 Å². The first-order valence-electron chi connectivity index (χ1n) is 13.7. The number of carboxylic acid groups (broad SMARTS) is 1. The maximum Gasteiger partial charge on any atom is 0.573 e. The minimum Gasteiger partial charge on any atom is -0.494 e. The molecule has 0 aliphatic carbocycles. The fraction of sp³-hybridized carbons (Fsp3) is 0.375. The second-order valence-electron chi connectivity index (χ2n) is 9.97. The molecule has 0 saturated carbocycles. The molecule has 1 amide bonds. The number of nitrogens with one attached hydrogen (secondary N) is 1. The van der Waals surface area contributed by atoms with Crippen LogP contribution in [0, 0.1) is 13.8 Å². The summed E-state index contributed by atoms with van der Waals surface area (Å²) in [6.45, 7) is 4.63. The molecule has 6 nitrogen and oxygen atoms in total. The van der Waals surface area contributed by atoms with E-state index in [1.165, 1.54) is 12.1 Å². The van der Waals surface area contributed by atoms with Crippen molar-refractivity contribution >= 4 is 11.9 Å². The second kappa shape index (κ2) is 15.1. The molecule has 0 fully saturated rings. The van der Waals surface area contributed by atoms with Gasteiger partial charge in [0.1, 0.15) is 11.5 Å². The molecule has 0 unspecified atom stereocenters. The van der Waals surface area contributed by atoms with Crippen LogP contribution in [0.3, 0.4) is 0 Å². The van der Waals surface area contributed by atoms with Gasteiger partial charge in [-0.3, -0.25) is 9.59 Å². The summed E-state index contributed by atoms with van der Waals surface area (Å²) in [5.74, 6) is -0.683. The molecular weight excluding hydrogens is 535 g/mol. The fourth-order valence-corrected chi connectivity index (χ4v) is 4.65. The Labute approximate surface area is 238 Å². The van der Waals surface area contributed by atoms with Crippen molar-refractivity contribution in [2.24, 2.45) is 0 Å². The summed E-state index contributed by atoms with van der Waals surface area (Å²) in [5, 5.41) is 11.2. The predicted molar refractivity (Wildman–Crippen MR) is 151 cm³/mol. The van der Waals surface area contributed by atoms with E-state index in [4.69, 9.17) is 9.84 Å². The van der Waals surface area contributed by atoms with Gasteiger partial charge in [0.25, 0.3) is 5.91 Å². The molecule has 220 valence electrons. The number of benzene rings is 3. The van der Waals surface area contributed by atoms with Crippen molar-refractivity contribution in [1.82, 2.24) is 5.32 Å². The van der Waals surface area contributed by atoms with E-state index in [1.54, 1.807) is 24.3 Å². The van der Waals surface area contributed by atoms with Gasteiger partial charge in [-0.15, -0.1) is 13.2 Å². The average Bonchev–Trinajstić information content (AvgIpc) is 2.90. The van der Waals surface area contributed by atoms with Crippen LogP contribution >= 0.6 is 0 Å². The Morgan fingerprint density at radius 1 is 0.829 bits per heavy atom. The molecule has 41 heavy (non-hydrogen) atoms. The van der Waals surface area contributed by atoms with Crippen LogP contribution in [0.2, 0.25) is 0 Å². The number of aryl methyl sites for hydroxylation is 3. The number of carboxylic acids is 1. The summed E-state index contributed by atoms with van der Waals surface area (Å²) in [7, 11) is 0. The zero-order chi connectivity index (χ0) is 29.8. The summed E-state index contributed by atoms with van der Waals surface area (Å²) in [4.78, 5) is 22.6. The zero-order valence-corrected chi connectivity index (χ0v) is 23.4. The molecule has 9 heteroatoms. The van der Waals surface area contributed by atoms with Crippen LogP contribution in [0.15, 0.2) is 60.7 Å². The van der Waals surface area contributed by atoms with Gasteiger partial charge in [0, 0.05) is 12.1 Å². The number of hydrogen-bond donors (Lipinski definition) is 2. The lowest BCUT2D eigenvalue weighted by molar-refractivity contribution is -0.274. The molecule has 0 saturated heterocycles. The van der Waals surface area contributed by atoms with Crippen molar-refractivity contribution in [3.63, 3.8) is 0 Å². The monoisotopic (exact) mass is 571 g/mol. The Bertz CT molecular complexity index is 1270. The number of halogens is 3. The van der Waals surface area contributed by atoms with Gasteiger partial charge in [0.05, 0.1) is 13.0 Å². The van der Waals surface area contributed by atoms with Crippen LogP contribution in [-0.2, 0) is 11.2 Å². The van der Waals surface area contributed by atoms with E-state index in [0.29, 0.717) is 12.2 Å². The number of carbonyl (C=O) groups excluding carboxylic acids is 1. The van der Waals surface area contributed by atoms with E-state index in [2.05, 4.69) is 10.1 Å². The lowest BCUT2D eigenvalue weighted by Gasteiger charge is -2.15. The molecule has 0 bridgehead atoms. The normalized spacial score (nSPS) is 11.2. The molecule has 0 heterocycles. The van der Waals surface area contributed by atoms with E-state index in [9.17, 15) is 22.8 Å². The number of amides is 1. The Balaban J connectivity index is 1.34. The fourth-order valence-electron chi connectivity index (χ4n) is 4.65. The smallest absolute Gasteiger partial charge is 0.494 e. The van der Waals surface area contributed by atoms with Gasteiger partial charge in [-0.25, -0.2) is 0 Å². The highest BCUT2D eigenvalue weighted by Crippen LogP contribution is 2.33. The molecule has 3 rings (SSSR count). The molecule has 3 aromatic rings. The minimum atomic E-state index is -4.71. The second-order valence-corrected chi connectivity index (χ2v) is 9.97. The van der Waals surface area contributed by atoms with Crippen molar-refractivity contribution in [3.8, 4) is 22.6 Å². The van der Waals surface area contributed by atoms with E-state index >= 15 is 0 Å². The number of alkyl halides is 3. The summed E-state index contributed by atoms with van der Waals surface area (Å²) in [6.07, 6.45) is 1.35. The molecule has 2 N–H and O–H groups in total. The highest BCUT2D eigenvalue weighted by atomic mass is 19.4. The van der Waals surface area contributed by atoms with Crippen LogP contribution in [0.4, 0.5) is 13.2 Å². The Morgan fingerprint density at radius 2 is 1.44 bits per heavy atom. The van der Waals surface area contributed by atoms with Gasteiger partial charge in [-0.2, -0.15) is 0 Å². The van der Waals surface area contributed by atoms with Gasteiger partial charge in [0.15, 0.2) is 0 Å². The van der Waals surface area contributed by atoms with Crippen LogP contribution < -0.4 is 14.8 Å². The first-order valence-corrected chi connectivity index (χ1v) is 13.7. The molecule has 0 atom stereocenters. The number of rotatable bonds is 15. The Hall–Kier alpha value is -4.01. The van der Waals surface area contributed by atoms with Crippen molar-refractivity contribution in [2.45, 2.75) is 65.2 Å². The largest absolute Gasteiger partial charge is 0.573 e. The topological polar surface area (TPSA) is 84.9 Å². The van der Waals surface area contributed by atoms with Crippen LogP contribution in [0.5, 0.6) is 11.5 Å². The molecule has 0 radical (unpaired) electrons. The van der Waals surface area contributed by atoms with Crippen molar-refractivity contribution in [3.05, 3.63) is 82.9 Å². The highest BCUT2D eigenvalue weighted by Gasteiger charge is 2.31. The number of aliphatic carboxylic acids is 1. The first-order chi connectivity index (χ1) is 19.5. The quantitative estimate of drug-likeness (QED) is 0.183. The average molecular weight is 572 g/mol. The maximum absolute atomic E-state index is 12.4. The summed E-state index contributed by atoms with van der Waals surface area (Å²) >= 11 is 0. The summed E-state index contributed by atoms with van der Waals surface area (Å²) < 4.78 is 47.2. The van der Waals surface area contributed by atoms with Gasteiger partial charge >= 0.3 is 12.3 Å². The van der Waals surface area contributed by atoms with Gasteiger partial charge in [-0.05, 0) is 97.3 Å². The van der Waals surface area contributed by atoms with Gasteiger partial charge < -0.3 is 19.9 Å². The molecule has 0 aromatic heterocycles. The van der Waals surface area contributed by atoms with Crippen LogP contribution in [0.1, 0.15) is 65.6 Å². The molecule has 3 aromatic carbocycles. The lowest BCUT2D eigenvalue weighted by atomic mass is 9.95. The molecular formula is C32H36F3NO5. The van der Waals surface area contributed by atoms with Crippen LogP contribution in [-0.4, -0.2) is 36.5 Å².